The first-order valence-corrected chi connectivity index (χ1v) is 9.76. The summed E-state index contributed by atoms with van der Waals surface area (Å²) < 4.78 is 24.5. The van der Waals surface area contributed by atoms with Gasteiger partial charge in [0.25, 0.3) is 5.91 Å². The van der Waals surface area contributed by atoms with Gasteiger partial charge in [-0.2, -0.15) is 13.5 Å². The van der Waals surface area contributed by atoms with E-state index in [4.69, 9.17) is 25.6 Å². The van der Waals surface area contributed by atoms with Gasteiger partial charge in [0.15, 0.2) is 6.61 Å². The van der Waals surface area contributed by atoms with Gasteiger partial charge in [-0.25, -0.2) is 8.70 Å². The van der Waals surface area contributed by atoms with Crippen molar-refractivity contribution >= 4 is 49.1 Å². The molecule has 1 rings (SSSR count). The van der Waals surface area contributed by atoms with Crippen molar-refractivity contribution in [2.24, 2.45) is 0 Å². The minimum atomic E-state index is -0.768. The average Bonchev–Trinajstić information content (AvgIpc) is 3.40. The van der Waals surface area contributed by atoms with Crippen LogP contribution >= 0.6 is 37.3 Å². The molecule has 2 amide bonds. The van der Waals surface area contributed by atoms with Gasteiger partial charge < -0.3 is 20.5 Å². The Labute approximate surface area is 192 Å². The summed E-state index contributed by atoms with van der Waals surface area (Å²) in [6.07, 6.45) is 3.57. The van der Waals surface area contributed by atoms with Crippen LogP contribution in [0.25, 0.3) is 0 Å². The first-order chi connectivity index (χ1) is 13.7. The molecule has 3 unspecified atom stereocenters. The topological polar surface area (TPSA) is 99.9 Å². The number of ether oxygens (including phenoxy) is 1. The normalized spacial score (nSPS) is 18.9. The zero-order valence-corrected chi connectivity index (χ0v) is 19.1. The number of allylic oxidation sites excluding steroid dienone is 4. The standard InChI is InChI=1S/C18H25ClFN3O5S.H2S/c1-12(22-17(25)11-27-8-4-5-15(19)14(3)20)6-7-21-18(26)16-9-23(16)29-28-10-13(2)24;/h4-5,8,13,16,24H,1,3,6-7,9-11H2,2H3,(H,21,26)(H,22,25);1H2/b8-4+,15-5+;. The van der Waals surface area contributed by atoms with E-state index in [1.807, 2.05) is 0 Å². The number of carbonyl (C=O) groups excluding carboxylic acids is 2. The number of aliphatic hydroxyl groups is 1. The average molecular weight is 484 g/mol. The molecular weight excluding hydrogens is 457 g/mol. The lowest BCUT2D eigenvalue weighted by Gasteiger charge is -2.09. The van der Waals surface area contributed by atoms with Crippen LogP contribution in [0.1, 0.15) is 13.3 Å². The number of hydrogen-bond acceptors (Lipinski definition) is 7. The van der Waals surface area contributed by atoms with E-state index >= 15 is 0 Å². The summed E-state index contributed by atoms with van der Waals surface area (Å²) >= 11 is 6.56. The molecule has 1 heterocycles. The number of nitrogens with zero attached hydrogens (tertiary/aromatic N) is 1. The number of nitrogens with one attached hydrogen (secondary N) is 2. The molecule has 0 bridgehead atoms. The lowest BCUT2D eigenvalue weighted by molar-refractivity contribution is -0.123. The first-order valence-electron chi connectivity index (χ1n) is 8.69. The summed E-state index contributed by atoms with van der Waals surface area (Å²) in [5, 5.41) is 14.2. The second-order valence-corrected chi connectivity index (χ2v) is 7.34. The molecule has 0 aliphatic carbocycles. The van der Waals surface area contributed by atoms with Crippen LogP contribution in [0.15, 0.2) is 48.1 Å². The van der Waals surface area contributed by atoms with E-state index in [9.17, 15) is 14.0 Å². The van der Waals surface area contributed by atoms with E-state index < -0.39 is 17.8 Å². The molecule has 8 nitrogen and oxygen atoms in total. The summed E-state index contributed by atoms with van der Waals surface area (Å²) in [6.45, 7) is 9.17. The Balaban J connectivity index is 0.00000841. The van der Waals surface area contributed by atoms with Crippen LogP contribution in [-0.4, -0.2) is 59.7 Å². The quantitative estimate of drug-likeness (QED) is 0.114. The predicted octanol–water partition coefficient (Wildman–Crippen LogP) is 2.02. The Morgan fingerprint density at radius 3 is 2.80 bits per heavy atom. The fourth-order valence-electron chi connectivity index (χ4n) is 1.76. The van der Waals surface area contributed by atoms with E-state index in [2.05, 4.69) is 23.8 Å². The monoisotopic (exact) mass is 483 g/mol. The Morgan fingerprint density at radius 1 is 1.47 bits per heavy atom. The number of carbonyl (C=O) groups is 2. The fourth-order valence-corrected chi connectivity index (χ4v) is 2.63. The second-order valence-electron chi connectivity index (χ2n) is 6.08. The summed E-state index contributed by atoms with van der Waals surface area (Å²) in [7, 11) is 0. The van der Waals surface area contributed by atoms with Crippen molar-refractivity contribution < 1.29 is 28.0 Å². The van der Waals surface area contributed by atoms with Crippen molar-refractivity contribution in [2.75, 3.05) is 26.3 Å². The molecule has 30 heavy (non-hydrogen) atoms. The van der Waals surface area contributed by atoms with Crippen molar-refractivity contribution in [1.82, 2.24) is 14.9 Å². The van der Waals surface area contributed by atoms with Crippen LogP contribution in [0, 0.1) is 0 Å². The van der Waals surface area contributed by atoms with Gasteiger partial charge in [-0.15, -0.1) is 0 Å². The first kappa shape index (κ1) is 28.5. The minimum absolute atomic E-state index is 0. The molecule has 1 aliphatic rings. The highest BCUT2D eigenvalue weighted by Gasteiger charge is 2.41. The van der Waals surface area contributed by atoms with E-state index in [-0.39, 0.29) is 43.7 Å². The third kappa shape index (κ3) is 12.9. The summed E-state index contributed by atoms with van der Waals surface area (Å²) in [4.78, 5) is 23.6. The zero-order chi connectivity index (χ0) is 21.8. The zero-order valence-electron chi connectivity index (χ0n) is 16.5. The summed E-state index contributed by atoms with van der Waals surface area (Å²) in [5.74, 6) is -1.33. The molecule has 0 spiro atoms. The minimum Gasteiger partial charge on any atom is -0.491 e. The molecule has 0 radical (unpaired) electrons. The van der Waals surface area contributed by atoms with Gasteiger partial charge in [0, 0.05) is 25.2 Å². The van der Waals surface area contributed by atoms with E-state index in [1.54, 1.807) is 11.2 Å². The van der Waals surface area contributed by atoms with Gasteiger partial charge in [-0.1, -0.05) is 24.8 Å². The predicted molar refractivity (Wildman–Crippen MR) is 120 cm³/mol. The lowest BCUT2D eigenvalue weighted by Crippen LogP contribution is -2.32. The smallest absolute Gasteiger partial charge is 0.261 e. The van der Waals surface area contributed by atoms with Gasteiger partial charge >= 0.3 is 0 Å². The van der Waals surface area contributed by atoms with Crippen molar-refractivity contribution in [2.45, 2.75) is 25.5 Å². The third-order valence-electron chi connectivity index (χ3n) is 3.26. The molecule has 0 aromatic carbocycles. The van der Waals surface area contributed by atoms with Gasteiger partial charge in [0.1, 0.15) is 11.9 Å². The largest absolute Gasteiger partial charge is 0.491 e. The lowest BCUT2D eigenvalue weighted by atomic mass is 10.3. The molecule has 170 valence electrons. The number of hydrogen-bond donors (Lipinski definition) is 3. The molecule has 0 saturated carbocycles. The van der Waals surface area contributed by atoms with Crippen molar-refractivity contribution in [3.8, 4) is 0 Å². The van der Waals surface area contributed by atoms with Crippen LogP contribution in [0.3, 0.4) is 0 Å². The molecular formula is C18H27ClFN3O5S2. The van der Waals surface area contributed by atoms with Crippen LogP contribution in [0.2, 0.25) is 0 Å². The van der Waals surface area contributed by atoms with E-state index in [0.717, 1.165) is 12.2 Å². The SMILES string of the molecule is C=C(CCNC(=O)C1CN1SOCC(C)O)NC(=O)CO/C=C/C=C(/Cl)C(=C)F.S. The number of aliphatic hydroxyl groups excluding tert-OH is 1. The Bertz CT molecular complexity index is 676. The van der Waals surface area contributed by atoms with Crippen molar-refractivity contribution in [3.05, 3.63) is 48.1 Å². The maximum Gasteiger partial charge on any atom is 0.261 e. The molecule has 12 heteroatoms. The van der Waals surface area contributed by atoms with Crippen LogP contribution < -0.4 is 10.6 Å². The number of amides is 2. The molecule has 1 fully saturated rings. The third-order valence-corrected chi connectivity index (χ3v) is 4.43. The van der Waals surface area contributed by atoms with Gasteiger partial charge in [-0.05, 0) is 19.1 Å². The maximum absolute atomic E-state index is 12.6. The van der Waals surface area contributed by atoms with E-state index in [1.165, 1.54) is 18.4 Å². The highest BCUT2D eigenvalue weighted by atomic mass is 35.5. The van der Waals surface area contributed by atoms with Crippen molar-refractivity contribution in [3.63, 3.8) is 0 Å². The number of rotatable bonds is 14. The van der Waals surface area contributed by atoms with Gasteiger partial charge in [-0.3, -0.25) is 13.8 Å². The summed E-state index contributed by atoms with van der Waals surface area (Å²) in [6, 6.07) is -0.269. The Morgan fingerprint density at radius 2 is 2.17 bits per heavy atom. The molecule has 0 aromatic rings. The fraction of sp³-hybridized carbons (Fsp3) is 0.444. The van der Waals surface area contributed by atoms with Gasteiger partial charge in [0.05, 0.1) is 36.2 Å². The maximum atomic E-state index is 12.6. The molecule has 3 atom stereocenters. The highest BCUT2D eigenvalue weighted by Crippen LogP contribution is 2.28. The molecule has 3 N–H and O–H groups in total. The Kier molecular flexibility index (Phi) is 14.6. The number of halogens is 2. The van der Waals surface area contributed by atoms with Crippen LogP contribution in [0.5, 0.6) is 0 Å². The van der Waals surface area contributed by atoms with E-state index in [0.29, 0.717) is 25.2 Å². The summed E-state index contributed by atoms with van der Waals surface area (Å²) in [5.41, 5.74) is 0.432. The second kappa shape index (κ2) is 15.3. The van der Waals surface area contributed by atoms with Crippen molar-refractivity contribution in [1.29, 1.82) is 0 Å². The molecule has 1 aliphatic heterocycles. The highest BCUT2D eigenvalue weighted by molar-refractivity contribution is 7.92. The van der Waals surface area contributed by atoms with Gasteiger partial charge in [0.2, 0.25) is 5.91 Å². The van der Waals surface area contributed by atoms with Crippen LogP contribution in [0.4, 0.5) is 4.39 Å². The van der Waals surface area contributed by atoms with Crippen LogP contribution in [-0.2, 0) is 18.5 Å². The Hall–Kier alpha value is -1.50. The molecule has 0 aromatic heterocycles. The molecule has 1 saturated heterocycles.